The Hall–Kier alpha value is -1.45. The Labute approximate surface area is 117 Å². The van der Waals surface area contributed by atoms with E-state index in [1.165, 1.54) is 0 Å². The molecule has 0 saturated carbocycles. The molecule has 0 saturated heterocycles. The van der Waals surface area contributed by atoms with Crippen LogP contribution in [0.4, 0.5) is 5.69 Å². The molecule has 0 aliphatic heterocycles. The van der Waals surface area contributed by atoms with Crippen LogP contribution >= 0.6 is 24.0 Å². The lowest BCUT2D eigenvalue weighted by Gasteiger charge is -2.05. The Morgan fingerprint density at radius 2 is 2.06 bits per heavy atom. The van der Waals surface area contributed by atoms with Crippen LogP contribution in [0.1, 0.15) is 5.56 Å². The highest BCUT2D eigenvalue weighted by Gasteiger charge is 2.02. The molecule has 0 aliphatic carbocycles. The molecule has 1 heterocycles. The summed E-state index contributed by atoms with van der Waals surface area (Å²) in [6.45, 7) is 0. The Morgan fingerprint density at radius 3 is 2.67 bits per heavy atom. The molecule has 2 rings (SSSR count). The van der Waals surface area contributed by atoms with Gasteiger partial charge in [0, 0.05) is 29.6 Å². The predicted molar refractivity (Wildman–Crippen MR) is 78.9 cm³/mol. The predicted octanol–water partition coefficient (Wildman–Crippen LogP) is 3.24. The van der Waals surface area contributed by atoms with Gasteiger partial charge in [-0.3, -0.25) is 4.79 Å². The molecule has 0 bridgehead atoms. The maximum atomic E-state index is 11.6. The SMILES string of the molecule is CNc1cccc(-c2ccc(CCl)c(=O)[nH]2)c1.Cl. The molecular formula is C13H14Cl2N2O. The third-order valence-electron chi connectivity index (χ3n) is 2.60. The van der Waals surface area contributed by atoms with E-state index in [1.807, 2.05) is 37.4 Å². The fourth-order valence-electron chi connectivity index (χ4n) is 1.62. The number of H-pyrrole nitrogens is 1. The number of rotatable bonds is 3. The van der Waals surface area contributed by atoms with E-state index in [0.29, 0.717) is 5.56 Å². The van der Waals surface area contributed by atoms with Crippen LogP contribution in [-0.2, 0) is 5.88 Å². The van der Waals surface area contributed by atoms with Crippen LogP contribution in [0.2, 0.25) is 0 Å². The Balaban J connectivity index is 0.00000162. The molecule has 0 amide bonds. The van der Waals surface area contributed by atoms with Crippen molar-refractivity contribution in [3.63, 3.8) is 0 Å². The van der Waals surface area contributed by atoms with Crippen LogP contribution in [-0.4, -0.2) is 12.0 Å². The van der Waals surface area contributed by atoms with Gasteiger partial charge in [-0.25, -0.2) is 0 Å². The first-order valence-corrected chi connectivity index (χ1v) is 5.84. The number of hydrogen-bond acceptors (Lipinski definition) is 2. The topological polar surface area (TPSA) is 44.9 Å². The molecule has 5 heteroatoms. The van der Waals surface area contributed by atoms with Gasteiger partial charge in [-0.15, -0.1) is 24.0 Å². The highest BCUT2D eigenvalue weighted by molar-refractivity contribution is 6.17. The molecule has 0 spiro atoms. The normalized spacial score (nSPS) is 9.67. The van der Waals surface area contributed by atoms with Gasteiger partial charge >= 0.3 is 0 Å². The van der Waals surface area contributed by atoms with Gasteiger partial charge in [-0.2, -0.15) is 0 Å². The molecule has 3 nitrogen and oxygen atoms in total. The zero-order chi connectivity index (χ0) is 12.3. The van der Waals surface area contributed by atoms with E-state index >= 15 is 0 Å². The summed E-state index contributed by atoms with van der Waals surface area (Å²) < 4.78 is 0. The van der Waals surface area contributed by atoms with Crippen molar-refractivity contribution in [3.8, 4) is 11.3 Å². The fourth-order valence-corrected chi connectivity index (χ4v) is 1.83. The third-order valence-corrected chi connectivity index (χ3v) is 2.89. The molecule has 1 aromatic carbocycles. The number of hydrogen-bond donors (Lipinski definition) is 2. The lowest BCUT2D eigenvalue weighted by Crippen LogP contribution is -2.11. The van der Waals surface area contributed by atoms with Crippen molar-refractivity contribution in [2.75, 3.05) is 12.4 Å². The second-order valence-corrected chi connectivity index (χ2v) is 3.96. The lowest BCUT2D eigenvalue weighted by atomic mass is 10.1. The van der Waals surface area contributed by atoms with Crippen molar-refractivity contribution < 1.29 is 0 Å². The average molecular weight is 285 g/mol. The smallest absolute Gasteiger partial charge is 0.252 e. The van der Waals surface area contributed by atoms with Crippen molar-refractivity contribution >= 4 is 29.7 Å². The van der Waals surface area contributed by atoms with Crippen LogP contribution in [0.5, 0.6) is 0 Å². The number of alkyl halides is 1. The van der Waals surface area contributed by atoms with Gasteiger partial charge in [-0.05, 0) is 18.2 Å². The van der Waals surface area contributed by atoms with E-state index in [9.17, 15) is 4.79 Å². The number of pyridine rings is 1. The third kappa shape index (κ3) is 3.06. The Bertz CT molecular complexity index is 581. The van der Waals surface area contributed by atoms with Gasteiger partial charge in [0.1, 0.15) is 0 Å². The number of anilines is 1. The van der Waals surface area contributed by atoms with E-state index in [-0.39, 0.29) is 23.8 Å². The molecular weight excluding hydrogens is 271 g/mol. The van der Waals surface area contributed by atoms with Gasteiger partial charge in [-0.1, -0.05) is 18.2 Å². The van der Waals surface area contributed by atoms with Crippen LogP contribution in [0, 0.1) is 0 Å². The fraction of sp³-hybridized carbons (Fsp3) is 0.154. The maximum absolute atomic E-state index is 11.6. The quantitative estimate of drug-likeness (QED) is 0.850. The summed E-state index contributed by atoms with van der Waals surface area (Å²) >= 11 is 5.65. The molecule has 2 N–H and O–H groups in total. The standard InChI is InChI=1S/C13H13ClN2O.ClH/c1-15-11-4-2-3-9(7-11)12-6-5-10(8-14)13(17)16-12;/h2-7,15H,8H2,1H3,(H,16,17);1H. The van der Waals surface area contributed by atoms with Crippen molar-refractivity contribution in [1.82, 2.24) is 4.98 Å². The highest BCUT2D eigenvalue weighted by atomic mass is 35.5. The summed E-state index contributed by atoms with van der Waals surface area (Å²) in [7, 11) is 1.86. The first-order valence-electron chi connectivity index (χ1n) is 5.31. The van der Waals surface area contributed by atoms with E-state index in [0.717, 1.165) is 16.9 Å². The largest absolute Gasteiger partial charge is 0.388 e. The lowest BCUT2D eigenvalue weighted by molar-refractivity contribution is 1.17. The summed E-state index contributed by atoms with van der Waals surface area (Å²) in [5, 5.41) is 3.06. The monoisotopic (exact) mass is 284 g/mol. The molecule has 0 aliphatic rings. The van der Waals surface area contributed by atoms with Gasteiger partial charge in [0.2, 0.25) is 0 Å². The average Bonchev–Trinajstić information content (AvgIpc) is 2.38. The van der Waals surface area contributed by atoms with Crippen LogP contribution in [0.15, 0.2) is 41.2 Å². The summed E-state index contributed by atoms with van der Waals surface area (Å²) in [5.41, 5.74) is 3.22. The number of nitrogens with one attached hydrogen (secondary N) is 2. The van der Waals surface area contributed by atoms with Crippen molar-refractivity contribution in [1.29, 1.82) is 0 Å². The summed E-state index contributed by atoms with van der Waals surface area (Å²) in [4.78, 5) is 14.5. The molecule has 0 atom stereocenters. The zero-order valence-corrected chi connectivity index (χ0v) is 11.4. The zero-order valence-electron chi connectivity index (χ0n) is 9.87. The minimum absolute atomic E-state index is 0. The molecule has 18 heavy (non-hydrogen) atoms. The van der Waals surface area contributed by atoms with Gasteiger partial charge in [0.15, 0.2) is 0 Å². The summed E-state index contributed by atoms with van der Waals surface area (Å²) in [6, 6.07) is 11.5. The molecule has 96 valence electrons. The van der Waals surface area contributed by atoms with Crippen LogP contribution < -0.4 is 10.9 Å². The first kappa shape index (κ1) is 14.6. The van der Waals surface area contributed by atoms with Gasteiger partial charge in [0.25, 0.3) is 5.56 Å². The molecule has 0 unspecified atom stereocenters. The van der Waals surface area contributed by atoms with Crippen molar-refractivity contribution in [2.45, 2.75) is 5.88 Å². The molecule has 2 aromatic rings. The minimum Gasteiger partial charge on any atom is -0.388 e. The van der Waals surface area contributed by atoms with Crippen LogP contribution in [0.3, 0.4) is 0 Å². The second-order valence-electron chi connectivity index (χ2n) is 3.69. The number of halogens is 2. The van der Waals surface area contributed by atoms with E-state index < -0.39 is 0 Å². The van der Waals surface area contributed by atoms with Crippen molar-refractivity contribution in [3.05, 3.63) is 52.3 Å². The van der Waals surface area contributed by atoms with Crippen molar-refractivity contribution in [2.24, 2.45) is 0 Å². The number of benzene rings is 1. The van der Waals surface area contributed by atoms with E-state index in [2.05, 4.69) is 10.3 Å². The molecule has 0 fully saturated rings. The van der Waals surface area contributed by atoms with Crippen LogP contribution in [0.25, 0.3) is 11.3 Å². The molecule has 0 radical (unpaired) electrons. The Kier molecular flexibility index (Phi) is 5.25. The first-order chi connectivity index (χ1) is 8.24. The summed E-state index contributed by atoms with van der Waals surface area (Å²) in [6.07, 6.45) is 0. The van der Waals surface area contributed by atoms with E-state index in [4.69, 9.17) is 11.6 Å². The van der Waals surface area contributed by atoms with E-state index in [1.54, 1.807) is 6.07 Å². The second kappa shape index (κ2) is 6.47. The maximum Gasteiger partial charge on any atom is 0.252 e. The molecule has 1 aromatic heterocycles. The Morgan fingerprint density at radius 1 is 1.28 bits per heavy atom. The van der Waals surface area contributed by atoms with Gasteiger partial charge in [0.05, 0.1) is 5.88 Å². The minimum atomic E-state index is -0.132. The number of aromatic amines is 1. The highest BCUT2D eigenvalue weighted by Crippen LogP contribution is 2.19. The van der Waals surface area contributed by atoms with Gasteiger partial charge < -0.3 is 10.3 Å². The summed E-state index contributed by atoms with van der Waals surface area (Å²) in [5.74, 6) is 0.228. The number of aromatic nitrogens is 1.